The number of fused-ring (bicyclic) bond motifs is 1. The van der Waals surface area contributed by atoms with Gasteiger partial charge in [-0.3, -0.25) is 14.9 Å². The van der Waals surface area contributed by atoms with Gasteiger partial charge in [0.25, 0.3) is 0 Å². The number of urea groups is 1. The maximum absolute atomic E-state index is 12.2. The molecule has 7 N–H and O–H groups in total. The predicted molar refractivity (Wildman–Crippen MR) is 133 cm³/mol. The Morgan fingerprint density at radius 3 is 2.46 bits per heavy atom. The zero-order chi connectivity index (χ0) is 25.2. The molecule has 0 spiro atoms. The van der Waals surface area contributed by atoms with E-state index in [1.807, 2.05) is 30.3 Å². The van der Waals surface area contributed by atoms with E-state index < -0.39 is 18.0 Å². The summed E-state index contributed by atoms with van der Waals surface area (Å²) in [4.78, 5) is 35.0. The molecule has 0 aliphatic heterocycles. The number of imide groups is 1. The summed E-state index contributed by atoms with van der Waals surface area (Å²) in [6.45, 7) is 0.899. The number of benzene rings is 3. The Morgan fingerprint density at radius 2 is 1.71 bits per heavy atom. The van der Waals surface area contributed by atoms with Gasteiger partial charge in [0.05, 0.1) is 19.1 Å². The van der Waals surface area contributed by atoms with Crippen LogP contribution in [0.2, 0.25) is 0 Å². The van der Waals surface area contributed by atoms with Gasteiger partial charge in [0.15, 0.2) is 0 Å². The van der Waals surface area contributed by atoms with Crippen LogP contribution >= 0.6 is 0 Å². The maximum Gasteiger partial charge on any atom is 0.318 e. The highest BCUT2D eigenvalue weighted by Crippen LogP contribution is 2.28. The van der Waals surface area contributed by atoms with Crippen molar-refractivity contribution in [3.05, 3.63) is 71.8 Å². The number of phenolic OH excluding ortho intramolecular Hbond substituents is 1. The number of phenols is 1. The molecule has 0 saturated carbocycles. The minimum absolute atomic E-state index is 0.000561. The highest BCUT2D eigenvalue weighted by molar-refractivity contribution is 5.95. The lowest BCUT2D eigenvalue weighted by Gasteiger charge is -2.14. The van der Waals surface area contributed by atoms with E-state index in [9.17, 15) is 19.5 Å². The molecule has 0 bridgehead atoms. The number of rotatable bonds is 11. The smallest absolute Gasteiger partial charge is 0.318 e. The van der Waals surface area contributed by atoms with E-state index in [1.165, 1.54) is 0 Å². The molecule has 35 heavy (non-hydrogen) atoms. The number of nitrogens with one attached hydrogen (secondary N) is 2. The number of nitrogens with two attached hydrogens (primary N) is 2. The Bertz CT molecular complexity index is 1180. The van der Waals surface area contributed by atoms with E-state index in [2.05, 4.69) is 10.6 Å². The predicted octanol–water partition coefficient (Wildman–Crippen LogP) is 2.13. The molecule has 0 unspecified atom stereocenters. The van der Waals surface area contributed by atoms with Crippen LogP contribution in [0.15, 0.2) is 60.7 Å². The topological polar surface area (TPSA) is 157 Å². The summed E-state index contributed by atoms with van der Waals surface area (Å²) in [5.41, 5.74) is 12.6. The molecule has 3 aromatic carbocycles. The normalized spacial score (nSPS) is 11.6. The van der Waals surface area contributed by atoms with E-state index in [-0.39, 0.29) is 18.1 Å². The zero-order valence-corrected chi connectivity index (χ0v) is 19.3. The first-order valence-corrected chi connectivity index (χ1v) is 11.4. The van der Waals surface area contributed by atoms with Crippen LogP contribution in [0.4, 0.5) is 4.79 Å². The van der Waals surface area contributed by atoms with E-state index in [0.717, 1.165) is 16.3 Å². The van der Waals surface area contributed by atoms with Crippen molar-refractivity contribution in [2.45, 2.75) is 31.7 Å². The second kappa shape index (κ2) is 12.4. The van der Waals surface area contributed by atoms with Crippen LogP contribution in [0, 0.1) is 0 Å². The molecule has 184 valence electrons. The van der Waals surface area contributed by atoms with Gasteiger partial charge in [0.2, 0.25) is 11.8 Å². The summed E-state index contributed by atoms with van der Waals surface area (Å²) in [6, 6.07) is 16.4. The molecule has 0 fully saturated rings. The quantitative estimate of drug-likeness (QED) is 0.266. The van der Waals surface area contributed by atoms with Crippen LogP contribution in [-0.4, -0.2) is 42.1 Å². The summed E-state index contributed by atoms with van der Waals surface area (Å²) in [5.74, 6) is 0.0947. The number of carbonyl (C=O) groups excluding carboxylic acids is 3. The van der Waals surface area contributed by atoms with E-state index in [0.29, 0.717) is 43.7 Å². The fourth-order valence-corrected chi connectivity index (χ4v) is 3.65. The van der Waals surface area contributed by atoms with Crippen molar-refractivity contribution in [3.8, 4) is 11.5 Å². The number of primary amides is 1. The first-order chi connectivity index (χ1) is 16.8. The SMILES string of the molecule is NC(=O)NC(=O)Cc1cc(OCCCCNC(=O)[C@@H](N)Cc2ccc(O)cc2)c2ccccc2c1. The molecule has 4 amide bonds. The van der Waals surface area contributed by atoms with Gasteiger partial charge < -0.3 is 26.6 Å². The molecule has 9 heteroatoms. The van der Waals surface area contributed by atoms with E-state index in [1.54, 1.807) is 30.3 Å². The lowest BCUT2D eigenvalue weighted by atomic mass is 10.0. The van der Waals surface area contributed by atoms with Gasteiger partial charge in [-0.05, 0) is 54.0 Å². The molecule has 1 atom stereocenters. The van der Waals surface area contributed by atoms with Gasteiger partial charge in [-0.2, -0.15) is 0 Å². The number of hydrogen-bond acceptors (Lipinski definition) is 6. The number of carbonyl (C=O) groups is 3. The van der Waals surface area contributed by atoms with Crippen molar-refractivity contribution in [2.75, 3.05) is 13.2 Å². The first kappa shape index (κ1) is 25.5. The zero-order valence-electron chi connectivity index (χ0n) is 19.3. The van der Waals surface area contributed by atoms with Crippen LogP contribution in [0.5, 0.6) is 11.5 Å². The Labute approximate surface area is 203 Å². The van der Waals surface area contributed by atoms with Gasteiger partial charge in [-0.1, -0.05) is 42.5 Å². The minimum atomic E-state index is -0.888. The highest BCUT2D eigenvalue weighted by atomic mass is 16.5. The highest BCUT2D eigenvalue weighted by Gasteiger charge is 2.14. The molecule has 0 saturated heterocycles. The second-order valence-corrected chi connectivity index (χ2v) is 8.23. The van der Waals surface area contributed by atoms with Crippen molar-refractivity contribution in [3.63, 3.8) is 0 Å². The number of hydrogen-bond donors (Lipinski definition) is 5. The molecule has 0 aliphatic rings. The third kappa shape index (κ3) is 8.01. The number of unbranched alkanes of at least 4 members (excludes halogenated alkanes) is 1. The molecule has 3 rings (SSSR count). The molecule has 3 aromatic rings. The van der Waals surface area contributed by atoms with Crippen LogP contribution in [0.25, 0.3) is 10.8 Å². The van der Waals surface area contributed by atoms with Gasteiger partial charge in [0, 0.05) is 11.9 Å². The van der Waals surface area contributed by atoms with Crippen molar-refractivity contribution in [1.82, 2.24) is 10.6 Å². The van der Waals surface area contributed by atoms with Crippen molar-refractivity contribution in [2.24, 2.45) is 11.5 Å². The molecular formula is C26H30N4O5. The lowest BCUT2D eigenvalue weighted by molar-refractivity contribution is -0.122. The summed E-state index contributed by atoms with van der Waals surface area (Å²) in [5, 5.41) is 16.1. The molecule has 0 heterocycles. The number of aromatic hydroxyl groups is 1. The van der Waals surface area contributed by atoms with Gasteiger partial charge >= 0.3 is 6.03 Å². The summed E-state index contributed by atoms with van der Waals surface area (Å²) < 4.78 is 5.98. The second-order valence-electron chi connectivity index (χ2n) is 8.23. The van der Waals surface area contributed by atoms with E-state index in [4.69, 9.17) is 16.2 Å². The Balaban J connectivity index is 1.46. The number of ether oxygens (including phenoxy) is 1. The van der Waals surface area contributed by atoms with E-state index >= 15 is 0 Å². The van der Waals surface area contributed by atoms with Gasteiger partial charge in [-0.25, -0.2) is 4.79 Å². The largest absolute Gasteiger partial charge is 0.508 e. The summed E-state index contributed by atoms with van der Waals surface area (Å²) in [6.07, 6.45) is 1.79. The summed E-state index contributed by atoms with van der Waals surface area (Å²) >= 11 is 0. The van der Waals surface area contributed by atoms with Crippen LogP contribution in [-0.2, 0) is 22.4 Å². The van der Waals surface area contributed by atoms with Crippen molar-refractivity contribution < 1.29 is 24.2 Å². The molecule has 0 aromatic heterocycles. The minimum Gasteiger partial charge on any atom is -0.508 e. The Morgan fingerprint density at radius 1 is 0.971 bits per heavy atom. The van der Waals surface area contributed by atoms with Crippen LogP contribution in [0.1, 0.15) is 24.0 Å². The fraction of sp³-hybridized carbons (Fsp3) is 0.269. The lowest BCUT2D eigenvalue weighted by Crippen LogP contribution is -2.42. The molecule has 0 aliphatic carbocycles. The van der Waals surface area contributed by atoms with Crippen LogP contribution in [0.3, 0.4) is 0 Å². The van der Waals surface area contributed by atoms with Gasteiger partial charge in [0.1, 0.15) is 11.5 Å². The monoisotopic (exact) mass is 478 g/mol. The van der Waals surface area contributed by atoms with Crippen molar-refractivity contribution >= 4 is 28.6 Å². The number of amides is 4. The average molecular weight is 479 g/mol. The molecule has 0 radical (unpaired) electrons. The Hall–Kier alpha value is -4.11. The maximum atomic E-state index is 12.2. The molecule has 9 nitrogen and oxygen atoms in total. The molecular weight excluding hydrogens is 448 g/mol. The fourth-order valence-electron chi connectivity index (χ4n) is 3.65. The summed E-state index contributed by atoms with van der Waals surface area (Å²) in [7, 11) is 0. The standard InChI is InChI=1S/C26H30N4O5/c27-22(14-17-7-9-20(31)10-8-17)25(33)29-11-3-4-12-35-23-15-18(16-24(32)30-26(28)34)13-19-5-1-2-6-21(19)23/h1-2,5-10,13,15,22,31H,3-4,11-12,14,16,27H2,(H,29,33)(H3,28,30,32,34)/t22-/m0/s1. The first-order valence-electron chi connectivity index (χ1n) is 11.4. The van der Waals surface area contributed by atoms with Crippen LogP contribution < -0.4 is 26.8 Å². The third-order valence-corrected chi connectivity index (χ3v) is 5.37. The Kier molecular flexibility index (Phi) is 9.02. The average Bonchev–Trinajstić information content (AvgIpc) is 2.81. The van der Waals surface area contributed by atoms with Gasteiger partial charge in [-0.15, -0.1) is 0 Å². The third-order valence-electron chi connectivity index (χ3n) is 5.37. The van der Waals surface area contributed by atoms with Crippen molar-refractivity contribution in [1.29, 1.82) is 0 Å².